The van der Waals surface area contributed by atoms with E-state index >= 15 is 0 Å². The highest BCUT2D eigenvalue weighted by atomic mass is 32.1. The van der Waals surface area contributed by atoms with Crippen molar-refractivity contribution in [3.63, 3.8) is 0 Å². The van der Waals surface area contributed by atoms with Crippen molar-refractivity contribution in [2.45, 2.75) is 12.5 Å². The normalized spacial score (nSPS) is 16.7. The zero-order chi connectivity index (χ0) is 14.7. The minimum absolute atomic E-state index is 0.135. The van der Waals surface area contributed by atoms with E-state index in [9.17, 15) is 9.18 Å². The van der Waals surface area contributed by atoms with E-state index in [-0.39, 0.29) is 18.5 Å². The monoisotopic (exact) mass is 305 g/mol. The van der Waals surface area contributed by atoms with E-state index < -0.39 is 5.97 Å². The summed E-state index contributed by atoms with van der Waals surface area (Å²) in [5.41, 5.74) is 3.21. The summed E-state index contributed by atoms with van der Waals surface area (Å²) >= 11 is 1.45. The van der Waals surface area contributed by atoms with Gasteiger partial charge in [0.05, 0.1) is 11.2 Å². The number of hydrogen-bond acceptors (Lipinski definition) is 5. The Balaban J connectivity index is 1.49. The van der Waals surface area contributed by atoms with Crippen molar-refractivity contribution >= 4 is 23.4 Å². The van der Waals surface area contributed by atoms with Gasteiger partial charge in [-0.15, -0.1) is 11.3 Å². The van der Waals surface area contributed by atoms with Crippen LogP contribution in [0.3, 0.4) is 0 Å². The Morgan fingerprint density at radius 1 is 1.57 bits per heavy atom. The molecular weight excluding hydrogens is 293 g/mol. The van der Waals surface area contributed by atoms with Crippen molar-refractivity contribution in [3.05, 3.63) is 52.2 Å². The molecule has 1 unspecified atom stereocenters. The highest BCUT2D eigenvalue weighted by Gasteiger charge is 2.24. The van der Waals surface area contributed by atoms with Gasteiger partial charge in [0.2, 0.25) is 0 Å². The predicted molar refractivity (Wildman–Crippen MR) is 76.6 cm³/mol. The van der Waals surface area contributed by atoms with E-state index in [1.54, 1.807) is 17.7 Å². The number of ether oxygens (including phenoxy) is 2. The maximum Gasteiger partial charge on any atom is 0.330 e. The summed E-state index contributed by atoms with van der Waals surface area (Å²) in [4.78, 5) is 15.6. The second kappa shape index (κ2) is 6.05. The van der Waals surface area contributed by atoms with Crippen LogP contribution in [0.25, 0.3) is 6.08 Å². The molecule has 108 valence electrons. The highest BCUT2D eigenvalue weighted by molar-refractivity contribution is 7.07. The molecule has 0 fully saturated rings. The van der Waals surface area contributed by atoms with Gasteiger partial charge in [-0.25, -0.2) is 14.2 Å². The highest BCUT2D eigenvalue weighted by Crippen LogP contribution is 2.29. The lowest BCUT2D eigenvalue weighted by Gasteiger charge is -2.09. The molecule has 1 aliphatic heterocycles. The number of carbonyl (C=O) groups is 1. The Kier molecular flexibility index (Phi) is 3.96. The Morgan fingerprint density at radius 2 is 2.48 bits per heavy atom. The van der Waals surface area contributed by atoms with Gasteiger partial charge >= 0.3 is 5.97 Å². The molecule has 2 aromatic rings. The van der Waals surface area contributed by atoms with Crippen LogP contribution in [-0.2, 0) is 16.0 Å². The van der Waals surface area contributed by atoms with Crippen molar-refractivity contribution in [2.75, 3.05) is 6.61 Å². The first-order valence-electron chi connectivity index (χ1n) is 6.39. The van der Waals surface area contributed by atoms with Gasteiger partial charge in [-0.3, -0.25) is 0 Å². The predicted octanol–water partition coefficient (Wildman–Crippen LogP) is 2.84. The summed E-state index contributed by atoms with van der Waals surface area (Å²) in [6.07, 6.45) is 3.20. The van der Waals surface area contributed by atoms with Crippen LogP contribution in [0.15, 0.2) is 35.2 Å². The van der Waals surface area contributed by atoms with Gasteiger partial charge in [-0.1, -0.05) is 0 Å². The second-order valence-electron chi connectivity index (χ2n) is 4.57. The number of halogens is 1. The Labute approximate surface area is 124 Å². The minimum Gasteiger partial charge on any atom is -0.486 e. The van der Waals surface area contributed by atoms with E-state index in [0.29, 0.717) is 12.2 Å². The molecule has 0 N–H and O–H groups in total. The van der Waals surface area contributed by atoms with Gasteiger partial charge in [0.15, 0.2) is 0 Å². The van der Waals surface area contributed by atoms with Crippen molar-refractivity contribution in [1.82, 2.24) is 4.98 Å². The van der Waals surface area contributed by atoms with E-state index in [0.717, 1.165) is 11.3 Å². The molecule has 0 saturated carbocycles. The quantitative estimate of drug-likeness (QED) is 0.644. The number of carbonyl (C=O) groups excluding carboxylic acids is 1. The molecule has 0 bridgehead atoms. The maximum atomic E-state index is 13.1. The molecule has 1 aromatic carbocycles. The first-order chi connectivity index (χ1) is 10.2. The third-order valence-corrected chi connectivity index (χ3v) is 3.62. The van der Waals surface area contributed by atoms with Crippen LogP contribution in [0.5, 0.6) is 5.75 Å². The third-order valence-electron chi connectivity index (χ3n) is 3.02. The van der Waals surface area contributed by atoms with Crippen molar-refractivity contribution in [2.24, 2.45) is 0 Å². The molecule has 4 nitrogen and oxygen atoms in total. The molecule has 6 heteroatoms. The molecule has 1 aromatic heterocycles. The van der Waals surface area contributed by atoms with Crippen molar-refractivity contribution in [3.8, 4) is 5.75 Å². The lowest BCUT2D eigenvalue weighted by Crippen LogP contribution is -2.22. The number of rotatable bonds is 4. The molecule has 0 saturated heterocycles. The van der Waals surface area contributed by atoms with Gasteiger partial charge in [0.1, 0.15) is 24.3 Å². The molecule has 21 heavy (non-hydrogen) atoms. The Morgan fingerprint density at radius 3 is 3.29 bits per heavy atom. The van der Waals surface area contributed by atoms with Crippen LogP contribution >= 0.6 is 11.3 Å². The topological polar surface area (TPSA) is 48.4 Å². The fourth-order valence-electron chi connectivity index (χ4n) is 2.06. The van der Waals surface area contributed by atoms with Gasteiger partial charge < -0.3 is 9.47 Å². The van der Waals surface area contributed by atoms with E-state index in [2.05, 4.69) is 4.98 Å². The van der Waals surface area contributed by atoms with Crippen LogP contribution in [0.4, 0.5) is 4.39 Å². The fourth-order valence-corrected chi connectivity index (χ4v) is 2.59. The smallest absolute Gasteiger partial charge is 0.330 e. The number of benzene rings is 1. The summed E-state index contributed by atoms with van der Waals surface area (Å²) in [5.74, 6) is -0.0922. The summed E-state index contributed by atoms with van der Waals surface area (Å²) in [5, 5.41) is 1.83. The molecule has 0 aliphatic carbocycles. The number of hydrogen-bond donors (Lipinski definition) is 0. The number of nitrogens with zero attached hydrogens (tertiary/aromatic N) is 1. The van der Waals surface area contributed by atoms with E-state index in [1.165, 1.54) is 29.5 Å². The van der Waals surface area contributed by atoms with Gasteiger partial charge in [-0.2, -0.15) is 0 Å². The number of thiazole rings is 1. The first-order valence-corrected chi connectivity index (χ1v) is 7.33. The molecule has 3 rings (SSSR count). The SMILES string of the molecule is O=C(/C=C/c1cscn1)OCC1Cc2cc(F)ccc2O1. The van der Waals surface area contributed by atoms with Crippen molar-refractivity contribution < 1.29 is 18.7 Å². The number of fused-ring (bicyclic) bond motifs is 1. The zero-order valence-corrected chi connectivity index (χ0v) is 11.8. The standard InChI is InChI=1S/C15H12FNO3S/c16-11-1-3-14-10(5-11)6-13(20-14)7-19-15(18)4-2-12-8-21-9-17-12/h1-5,8-9,13H,6-7H2/b4-2+. The first kappa shape index (κ1) is 13.8. The Hall–Kier alpha value is -2.21. The molecule has 1 aliphatic rings. The molecule has 0 amide bonds. The fraction of sp³-hybridized carbons (Fsp3) is 0.200. The average molecular weight is 305 g/mol. The summed E-state index contributed by atoms with van der Waals surface area (Å²) in [7, 11) is 0. The van der Waals surface area contributed by atoms with Crippen LogP contribution in [0.1, 0.15) is 11.3 Å². The lowest BCUT2D eigenvalue weighted by atomic mass is 10.1. The number of aromatic nitrogens is 1. The van der Waals surface area contributed by atoms with Gasteiger partial charge in [0, 0.05) is 23.4 Å². The summed E-state index contributed by atoms with van der Waals surface area (Å²) < 4.78 is 23.8. The van der Waals surface area contributed by atoms with Crippen LogP contribution < -0.4 is 4.74 Å². The van der Waals surface area contributed by atoms with Crippen LogP contribution in [0, 0.1) is 5.82 Å². The molecular formula is C15H12FNO3S. The average Bonchev–Trinajstić information content (AvgIpc) is 3.11. The van der Waals surface area contributed by atoms with Gasteiger partial charge in [-0.05, 0) is 24.3 Å². The lowest BCUT2D eigenvalue weighted by molar-refractivity contribution is -0.139. The van der Waals surface area contributed by atoms with Gasteiger partial charge in [0.25, 0.3) is 0 Å². The molecule has 1 atom stereocenters. The molecule has 0 spiro atoms. The summed E-state index contributed by atoms with van der Waals surface area (Å²) in [6, 6.07) is 4.39. The van der Waals surface area contributed by atoms with Crippen molar-refractivity contribution in [1.29, 1.82) is 0 Å². The third kappa shape index (κ3) is 3.46. The minimum atomic E-state index is -0.450. The Bertz CT molecular complexity index is 670. The number of esters is 1. The molecule has 2 heterocycles. The summed E-state index contributed by atoms with van der Waals surface area (Å²) in [6.45, 7) is 0.135. The van der Waals surface area contributed by atoms with E-state index in [4.69, 9.17) is 9.47 Å². The van der Waals surface area contributed by atoms with Crippen LogP contribution in [-0.4, -0.2) is 23.7 Å². The van der Waals surface area contributed by atoms with Crippen LogP contribution in [0.2, 0.25) is 0 Å². The largest absolute Gasteiger partial charge is 0.486 e. The maximum absolute atomic E-state index is 13.1. The second-order valence-corrected chi connectivity index (χ2v) is 5.29. The molecule has 0 radical (unpaired) electrons. The zero-order valence-electron chi connectivity index (χ0n) is 11.0. The van der Waals surface area contributed by atoms with E-state index in [1.807, 2.05) is 5.38 Å².